The second kappa shape index (κ2) is 10.9. The minimum atomic E-state index is 0.462. The average molecular weight is 634 g/mol. The van der Waals surface area contributed by atoms with Gasteiger partial charge >= 0.3 is 0 Å². The van der Waals surface area contributed by atoms with Gasteiger partial charge in [-0.2, -0.15) is 0 Å². The third-order valence-corrected chi connectivity index (χ3v) is 12.2. The van der Waals surface area contributed by atoms with E-state index in [9.17, 15) is 0 Å². The first-order valence-corrected chi connectivity index (χ1v) is 18.1. The molecule has 2 aliphatic carbocycles. The molecule has 0 fully saturated rings. The maximum Gasteiger partial charge on any atom is 0.0547 e. The van der Waals surface area contributed by atoms with Gasteiger partial charge in [0.2, 0.25) is 0 Å². The van der Waals surface area contributed by atoms with E-state index in [-0.39, 0.29) is 0 Å². The topological polar surface area (TPSA) is 4.93 Å². The van der Waals surface area contributed by atoms with Crippen molar-refractivity contribution in [1.82, 2.24) is 4.57 Å². The molecular formula is C46H35NS. The van der Waals surface area contributed by atoms with Gasteiger partial charge < -0.3 is 4.57 Å². The van der Waals surface area contributed by atoms with E-state index >= 15 is 0 Å². The number of para-hydroxylation sites is 1. The quantitative estimate of drug-likeness (QED) is 0.182. The van der Waals surface area contributed by atoms with Crippen molar-refractivity contribution in [3.63, 3.8) is 0 Å². The number of allylic oxidation sites excluding steroid dienone is 4. The zero-order valence-corrected chi connectivity index (χ0v) is 27.8. The first-order valence-electron chi connectivity index (χ1n) is 17.2. The van der Waals surface area contributed by atoms with Crippen LogP contribution in [-0.2, 0) is 6.42 Å². The van der Waals surface area contributed by atoms with Gasteiger partial charge in [-0.15, -0.1) is 11.3 Å². The summed E-state index contributed by atoms with van der Waals surface area (Å²) in [5.74, 6) is 0.964. The van der Waals surface area contributed by atoms with Crippen LogP contribution in [0.2, 0.25) is 0 Å². The molecule has 0 saturated heterocycles. The number of hydrogen-bond donors (Lipinski definition) is 0. The smallest absolute Gasteiger partial charge is 0.0547 e. The molecule has 230 valence electrons. The van der Waals surface area contributed by atoms with Gasteiger partial charge in [0.15, 0.2) is 0 Å². The summed E-state index contributed by atoms with van der Waals surface area (Å²) in [5, 5.41) is 5.25. The van der Waals surface area contributed by atoms with E-state index in [1.165, 1.54) is 75.5 Å². The molecule has 8 aromatic rings. The average Bonchev–Trinajstić information content (AvgIpc) is 3.68. The molecule has 10 rings (SSSR count). The third-order valence-electron chi connectivity index (χ3n) is 11.0. The highest BCUT2D eigenvalue weighted by Crippen LogP contribution is 2.49. The van der Waals surface area contributed by atoms with Crippen LogP contribution in [-0.4, -0.2) is 4.57 Å². The molecule has 0 bridgehead atoms. The Morgan fingerprint density at radius 2 is 1.40 bits per heavy atom. The lowest BCUT2D eigenvalue weighted by molar-refractivity contribution is 0.509. The molecular weight excluding hydrogens is 599 g/mol. The Balaban J connectivity index is 1.12. The molecule has 0 aliphatic heterocycles. The fourth-order valence-corrected chi connectivity index (χ4v) is 9.72. The molecule has 0 amide bonds. The highest BCUT2D eigenvalue weighted by molar-refractivity contribution is 7.25. The van der Waals surface area contributed by atoms with E-state index in [0.29, 0.717) is 11.8 Å². The number of rotatable bonds is 4. The van der Waals surface area contributed by atoms with E-state index in [1.54, 1.807) is 11.1 Å². The highest BCUT2D eigenvalue weighted by atomic mass is 32.1. The molecule has 0 N–H and O–H groups in total. The predicted octanol–water partition coefficient (Wildman–Crippen LogP) is 12.9. The van der Waals surface area contributed by atoms with E-state index in [1.807, 2.05) is 11.3 Å². The van der Waals surface area contributed by atoms with Crippen LogP contribution < -0.4 is 0 Å². The molecule has 2 atom stereocenters. The van der Waals surface area contributed by atoms with Gasteiger partial charge in [0.25, 0.3) is 0 Å². The fourth-order valence-electron chi connectivity index (χ4n) is 8.64. The van der Waals surface area contributed by atoms with Crippen molar-refractivity contribution in [1.29, 1.82) is 0 Å². The van der Waals surface area contributed by atoms with Crippen molar-refractivity contribution in [2.24, 2.45) is 5.92 Å². The zero-order valence-electron chi connectivity index (χ0n) is 27.0. The molecule has 2 aromatic heterocycles. The van der Waals surface area contributed by atoms with Crippen LogP contribution in [0.4, 0.5) is 0 Å². The largest absolute Gasteiger partial charge is 0.309 e. The summed E-state index contributed by atoms with van der Waals surface area (Å²) in [7, 11) is 0. The lowest BCUT2D eigenvalue weighted by atomic mass is 9.68. The molecule has 1 nitrogen and oxygen atoms in total. The standard InChI is InChI=1S/C46H35NS/c1-29-34-22-19-31(26-41(34)36-14-6-5-13-35(36)40(29)25-30-11-3-2-4-12-30)32-20-23-38-37-15-7-9-17-43(37)47(44(38)27-32)33-21-24-46-42(28-33)39-16-8-10-18-45(39)48-46/h2-5,7-13,15-24,26-29,40H,6,14,25H2,1H3/t29-,40-/m1/s1. The number of nitrogens with zero attached hydrogens (tertiary/aromatic N) is 1. The van der Waals surface area contributed by atoms with Crippen LogP contribution in [0.3, 0.4) is 0 Å². The Labute approximate surface area is 285 Å². The number of thiophene rings is 1. The van der Waals surface area contributed by atoms with E-state index in [2.05, 4.69) is 157 Å². The van der Waals surface area contributed by atoms with Crippen LogP contribution in [0.25, 0.3) is 64.4 Å². The minimum Gasteiger partial charge on any atom is -0.309 e. The molecule has 0 radical (unpaired) electrons. The van der Waals surface area contributed by atoms with E-state index in [4.69, 9.17) is 0 Å². The van der Waals surface area contributed by atoms with Crippen LogP contribution in [0.15, 0.2) is 151 Å². The Bertz CT molecular complexity index is 2610. The first-order chi connectivity index (χ1) is 23.7. The zero-order chi connectivity index (χ0) is 31.8. The van der Waals surface area contributed by atoms with Crippen LogP contribution >= 0.6 is 11.3 Å². The van der Waals surface area contributed by atoms with Gasteiger partial charge in [0.1, 0.15) is 0 Å². The second-order valence-electron chi connectivity index (χ2n) is 13.6. The summed E-state index contributed by atoms with van der Waals surface area (Å²) < 4.78 is 5.15. The number of fused-ring (bicyclic) bond motifs is 8. The van der Waals surface area contributed by atoms with Crippen molar-refractivity contribution in [3.8, 4) is 16.8 Å². The second-order valence-corrected chi connectivity index (χ2v) is 14.7. The molecule has 0 saturated carbocycles. The molecule has 0 unspecified atom stereocenters. The van der Waals surface area contributed by atoms with Gasteiger partial charge in [-0.3, -0.25) is 0 Å². The summed E-state index contributed by atoms with van der Waals surface area (Å²) in [4.78, 5) is 0. The predicted molar refractivity (Wildman–Crippen MR) is 206 cm³/mol. The summed E-state index contributed by atoms with van der Waals surface area (Å²) in [6, 6.07) is 50.1. The number of hydrogen-bond acceptors (Lipinski definition) is 1. The van der Waals surface area contributed by atoms with E-state index < -0.39 is 0 Å². The first kappa shape index (κ1) is 27.9. The van der Waals surface area contributed by atoms with Crippen molar-refractivity contribution in [2.75, 3.05) is 0 Å². The van der Waals surface area contributed by atoms with Gasteiger partial charge in [-0.05, 0) is 113 Å². The normalized spacial score (nSPS) is 17.4. The molecule has 48 heavy (non-hydrogen) atoms. The Morgan fingerprint density at radius 3 is 2.31 bits per heavy atom. The van der Waals surface area contributed by atoms with Crippen molar-refractivity contribution in [2.45, 2.75) is 32.1 Å². The lowest BCUT2D eigenvalue weighted by Crippen LogP contribution is -2.23. The summed E-state index contributed by atoms with van der Waals surface area (Å²) in [6.45, 7) is 2.44. The summed E-state index contributed by atoms with van der Waals surface area (Å²) in [5.41, 5.74) is 13.8. The van der Waals surface area contributed by atoms with Gasteiger partial charge in [-0.25, -0.2) is 0 Å². The number of aromatic nitrogens is 1. The molecule has 0 spiro atoms. The Hall–Kier alpha value is -5.18. The van der Waals surface area contributed by atoms with Gasteiger partial charge in [0, 0.05) is 36.6 Å². The van der Waals surface area contributed by atoms with E-state index in [0.717, 1.165) is 19.3 Å². The Kier molecular flexibility index (Phi) is 6.35. The Morgan fingerprint density at radius 1 is 0.646 bits per heavy atom. The van der Waals surface area contributed by atoms with Gasteiger partial charge in [0.05, 0.1) is 11.0 Å². The maximum absolute atomic E-state index is 2.50. The lowest BCUT2D eigenvalue weighted by Gasteiger charge is -2.36. The highest BCUT2D eigenvalue weighted by Gasteiger charge is 2.33. The van der Waals surface area contributed by atoms with Crippen LogP contribution in [0, 0.1) is 5.92 Å². The molecule has 2 heteroatoms. The maximum atomic E-state index is 2.50. The summed E-state index contributed by atoms with van der Waals surface area (Å²) in [6.07, 6.45) is 8.15. The summed E-state index contributed by atoms with van der Waals surface area (Å²) >= 11 is 1.88. The fraction of sp³-hybridized carbons (Fsp3) is 0.130. The third kappa shape index (κ3) is 4.29. The molecule has 2 aliphatic rings. The van der Waals surface area contributed by atoms with Gasteiger partial charge in [-0.1, -0.05) is 110 Å². The van der Waals surface area contributed by atoms with Crippen LogP contribution in [0.1, 0.15) is 42.4 Å². The minimum absolute atomic E-state index is 0.462. The number of benzene rings is 6. The van der Waals surface area contributed by atoms with Crippen molar-refractivity contribution in [3.05, 3.63) is 168 Å². The van der Waals surface area contributed by atoms with Crippen molar-refractivity contribution >= 4 is 58.9 Å². The molecule has 6 aromatic carbocycles. The monoisotopic (exact) mass is 633 g/mol. The molecule has 2 heterocycles. The van der Waals surface area contributed by atoms with Crippen LogP contribution in [0.5, 0.6) is 0 Å². The SMILES string of the molecule is C[C@@H]1c2ccc(-c3ccc4c5ccccc5n(-c5ccc6sc7ccccc7c6c5)c4c3)cc2C2=C(C=CCC2)[C@@H]1Cc1ccccc1. The van der Waals surface area contributed by atoms with Crippen molar-refractivity contribution < 1.29 is 0 Å².